The fourth-order valence-corrected chi connectivity index (χ4v) is 4.41. The molecule has 0 spiro atoms. The predicted octanol–water partition coefficient (Wildman–Crippen LogP) is 3.01. The van der Waals surface area contributed by atoms with Crippen LogP contribution in [0.5, 0.6) is 0 Å². The number of nitrogens with zero attached hydrogens (tertiary/aromatic N) is 2. The first-order chi connectivity index (χ1) is 15.5. The number of para-hydroxylation sites is 2. The maximum atomic E-state index is 12.8. The van der Waals surface area contributed by atoms with E-state index in [2.05, 4.69) is 46.7 Å². The van der Waals surface area contributed by atoms with Crippen LogP contribution in [0.3, 0.4) is 0 Å². The van der Waals surface area contributed by atoms with Gasteiger partial charge in [-0.15, -0.1) is 0 Å². The molecule has 2 aromatic rings. The highest BCUT2D eigenvalue weighted by atomic mass is 16.2. The monoisotopic (exact) mass is 434 g/mol. The highest BCUT2D eigenvalue weighted by Gasteiger charge is 2.27. The van der Waals surface area contributed by atoms with Gasteiger partial charge in [-0.05, 0) is 50.6 Å². The molecule has 2 N–H and O–H groups in total. The second-order valence-electron chi connectivity index (χ2n) is 8.52. The number of anilines is 2. The van der Waals surface area contributed by atoms with Gasteiger partial charge >= 0.3 is 0 Å². The van der Waals surface area contributed by atoms with Crippen LogP contribution in [0.2, 0.25) is 0 Å². The molecule has 4 rings (SSSR count). The molecule has 32 heavy (non-hydrogen) atoms. The Morgan fingerprint density at radius 1 is 1.03 bits per heavy atom. The van der Waals surface area contributed by atoms with E-state index < -0.39 is 0 Å². The molecule has 3 amide bonds. The molecule has 0 bridgehead atoms. The number of rotatable bonds is 7. The zero-order valence-electron chi connectivity index (χ0n) is 18.5. The number of amides is 3. The predicted molar refractivity (Wildman–Crippen MR) is 124 cm³/mol. The van der Waals surface area contributed by atoms with Crippen LogP contribution < -0.4 is 15.5 Å². The van der Waals surface area contributed by atoms with Gasteiger partial charge in [0.1, 0.15) is 6.54 Å². The van der Waals surface area contributed by atoms with E-state index in [0.29, 0.717) is 17.9 Å². The van der Waals surface area contributed by atoms with Crippen LogP contribution in [0.4, 0.5) is 11.4 Å². The molecule has 1 saturated heterocycles. The summed E-state index contributed by atoms with van der Waals surface area (Å²) in [6.45, 7) is 4.62. The highest BCUT2D eigenvalue weighted by molar-refractivity contribution is 6.10. The van der Waals surface area contributed by atoms with Gasteiger partial charge in [-0.1, -0.05) is 42.0 Å². The Morgan fingerprint density at radius 3 is 2.50 bits per heavy atom. The third-order valence-electron chi connectivity index (χ3n) is 6.17. The number of nitrogens with one attached hydrogen (secondary N) is 2. The van der Waals surface area contributed by atoms with E-state index in [4.69, 9.17) is 0 Å². The minimum atomic E-state index is -0.229. The van der Waals surface area contributed by atoms with Gasteiger partial charge in [-0.3, -0.25) is 19.3 Å². The Labute approximate surface area is 188 Å². The Kier molecular flexibility index (Phi) is 6.85. The molecule has 0 saturated carbocycles. The van der Waals surface area contributed by atoms with Crippen molar-refractivity contribution in [2.24, 2.45) is 0 Å². The molecule has 1 unspecified atom stereocenters. The van der Waals surface area contributed by atoms with E-state index in [0.717, 1.165) is 13.1 Å². The number of carbonyl (C=O) groups is 3. The van der Waals surface area contributed by atoms with Gasteiger partial charge in [0.15, 0.2) is 0 Å². The van der Waals surface area contributed by atoms with Crippen molar-refractivity contribution in [3.8, 4) is 0 Å². The maximum Gasteiger partial charge on any atom is 0.244 e. The second-order valence-corrected chi connectivity index (χ2v) is 8.52. The van der Waals surface area contributed by atoms with Crippen LogP contribution in [0, 0.1) is 6.92 Å². The average Bonchev–Trinajstić information content (AvgIpc) is 3.32. The average molecular weight is 435 g/mol. The molecule has 168 valence electrons. The largest absolute Gasteiger partial charge is 0.354 e. The smallest absolute Gasteiger partial charge is 0.244 e. The second kappa shape index (κ2) is 9.96. The number of hydrogen-bond donors (Lipinski definition) is 2. The molecule has 2 aliphatic rings. The lowest BCUT2D eigenvalue weighted by Gasteiger charge is -2.29. The van der Waals surface area contributed by atoms with Gasteiger partial charge in [0.25, 0.3) is 0 Å². The molecule has 0 aromatic heterocycles. The van der Waals surface area contributed by atoms with Crippen LogP contribution in [-0.2, 0) is 14.4 Å². The Hall–Kier alpha value is -3.19. The van der Waals surface area contributed by atoms with Crippen molar-refractivity contribution >= 4 is 29.1 Å². The number of benzene rings is 2. The first-order valence-electron chi connectivity index (χ1n) is 11.3. The molecule has 0 aliphatic carbocycles. The molecule has 2 aromatic carbocycles. The summed E-state index contributed by atoms with van der Waals surface area (Å²) in [6, 6.07) is 15.8. The van der Waals surface area contributed by atoms with Crippen LogP contribution in [0.15, 0.2) is 48.5 Å². The molecule has 7 nitrogen and oxygen atoms in total. The number of fused-ring (bicyclic) bond motifs is 1. The summed E-state index contributed by atoms with van der Waals surface area (Å²) < 4.78 is 0. The van der Waals surface area contributed by atoms with Crippen molar-refractivity contribution in [2.45, 2.75) is 38.6 Å². The van der Waals surface area contributed by atoms with E-state index in [1.165, 1.54) is 28.9 Å². The summed E-state index contributed by atoms with van der Waals surface area (Å²) >= 11 is 0. The summed E-state index contributed by atoms with van der Waals surface area (Å²) in [5.41, 5.74) is 3.70. The van der Waals surface area contributed by atoms with E-state index >= 15 is 0 Å². The molecule has 7 heteroatoms. The summed E-state index contributed by atoms with van der Waals surface area (Å²) in [5, 5.41) is 5.80. The lowest BCUT2D eigenvalue weighted by molar-refractivity contribution is -0.126. The lowest BCUT2D eigenvalue weighted by atomic mass is 10.0. The summed E-state index contributed by atoms with van der Waals surface area (Å²) in [6.07, 6.45) is 2.51. The van der Waals surface area contributed by atoms with E-state index in [-0.39, 0.29) is 43.1 Å². The van der Waals surface area contributed by atoms with Gasteiger partial charge in [-0.2, -0.15) is 0 Å². The molecular formula is C25H30N4O3. The van der Waals surface area contributed by atoms with Crippen molar-refractivity contribution < 1.29 is 14.4 Å². The zero-order valence-corrected chi connectivity index (χ0v) is 18.5. The minimum Gasteiger partial charge on any atom is -0.354 e. The SMILES string of the molecule is Cc1ccc(C(CNC(=O)CCC(=O)N2CC(=O)Nc3ccccc32)N2CCCC2)cc1. The topological polar surface area (TPSA) is 81.8 Å². The Morgan fingerprint density at radius 2 is 1.75 bits per heavy atom. The first-order valence-corrected chi connectivity index (χ1v) is 11.3. The third-order valence-corrected chi connectivity index (χ3v) is 6.17. The minimum absolute atomic E-state index is 0.0259. The number of aryl methyl sites for hydroxylation is 1. The van der Waals surface area contributed by atoms with Gasteiger partial charge < -0.3 is 15.5 Å². The molecule has 2 heterocycles. The molecule has 2 aliphatic heterocycles. The zero-order chi connectivity index (χ0) is 22.5. The van der Waals surface area contributed by atoms with Crippen LogP contribution in [0.25, 0.3) is 0 Å². The van der Waals surface area contributed by atoms with E-state index in [1.54, 1.807) is 12.1 Å². The number of carbonyl (C=O) groups excluding carboxylic acids is 3. The fraction of sp³-hybridized carbons (Fsp3) is 0.400. The molecule has 1 fully saturated rings. The van der Waals surface area contributed by atoms with Crippen molar-refractivity contribution in [3.05, 3.63) is 59.7 Å². The van der Waals surface area contributed by atoms with Crippen LogP contribution >= 0.6 is 0 Å². The highest BCUT2D eigenvalue weighted by Crippen LogP contribution is 2.29. The summed E-state index contributed by atoms with van der Waals surface area (Å²) in [4.78, 5) is 41.2. The van der Waals surface area contributed by atoms with Crippen molar-refractivity contribution in [1.29, 1.82) is 0 Å². The van der Waals surface area contributed by atoms with Gasteiger partial charge in [0, 0.05) is 19.4 Å². The Balaban J connectivity index is 1.33. The molecular weight excluding hydrogens is 404 g/mol. The van der Waals surface area contributed by atoms with Crippen molar-refractivity contribution in [3.63, 3.8) is 0 Å². The van der Waals surface area contributed by atoms with Crippen molar-refractivity contribution in [1.82, 2.24) is 10.2 Å². The maximum absolute atomic E-state index is 12.8. The van der Waals surface area contributed by atoms with Gasteiger partial charge in [0.2, 0.25) is 17.7 Å². The third kappa shape index (κ3) is 5.16. The van der Waals surface area contributed by atoms with Crippen LogP contribution in [0.1, 0.15) is 42.9 Å². The van der Waals surface area contributed by atoms with E-state index in [9.17, 15) is 14.4 Å². The van der Waals surface area contributed by atoms with Gasteiger partial charge in [0.05, 0.1) is 17.4 Å². The molecule has 0 radical (unpaired) electrons. The first kappa shape index (κ1) is 22.0. The quantitative estimate of drug-likeness (QED) is 0.702. The van der Waals surface area contributed by atoms with E-state index in [1.807, 2.05) is 12.1 Å². The Bertz CT molecular complexity index is 983. The van der Waals surface area contributed by atoms with Gasteiger partial charge in [-0.25, -0.2) is 0 Å². The van der Waals surface area contributed by atoms with Crippen LogP contribution in [-0.4, -0.2) is 48.8 Å². The van der Waals surface area contributed by atoms with Crippen molar-refractivity contribution in [2.75, 3.05) is 36.4 Å². The molecule has 1 atom stereocenters. The summed E-state index contributed by atoms with van der Waals surface area (Å²) in [7, 11) is 0. The number of likely N-dealkylation sites (tertiary alicyclic amines) is 1. The summed E-state index contributed by atoms with van der Waals surface area (Å²) in [5.74, 6) is -0.602. The normalized spacial score (nSPS) is 16.9. The fourth-order valence-electron chi connectivity index (χ4n) is 4.41. The standard InChI is InChI=1S/C25H30N4O3/c1-18-8-10-19(11-9-18)22(28-14-4-5-15-28)16-26-23(30)12-13-25(32)29-17-24(31)27-20-6-2-3-7-21(20)29/h2-3,6-11,22H,4-5,12-17H2,1H3,(H,26,30)(H,27,31). The lowest BCUT2D eigenvalue weighted by Crippen LogP contribution is -2.42. The number of hydrogen-bond acceptors (Lipinski definition) is 4.